The van der Waals surface area contributed by atoms with Crippen molar-refractivity contribution in [1.29, 1.82) is 0 Å². The summed E-state index contributed by atoms with van der Waals surface area (Å²) in [7, 11) is 0. The Kier molecular flexibility index (Phi) is 11.4. The van der Waals surface area contributed by atoms with Gasteiger partial charge in [0.25, 0.3) is 0 Å². The Morgan fingerprint density at radius 2 is 1.74 bits per heavy atom. The number of cyclic esters (lactones) is 2. The predicted octanol–water partition coefficient (Wildman–Crippen LogP) is 9.94. The number of esters is 2. The molecule has 6 spiro atoms. The molecule has 28 unspecified atom stereocenters. The lowest BCUT2D eigenvalue weighted by Gasteiger charge is -2.73. The van der Waals surface area contributed by atoms with Crippen LogP contribution < -0.4 is 5.32 Å². The van der Waals surface area contributed by atoms with Crippen LogP contribution >= 0.6 is 0 Å². The highest BCUT2D eigenvalue weighted by Crippen LogP contribution is 2.91. The largest absolute Gasteiger partial charge is 0.469 e. The minimum Gasteiger partial charge on any atom is -0.469 e. The SMILES string of the molecule is CC1C2CCCC2C=CC12C=CCC13OC45C(=CC21)CC1CCCC12CC1CC6(C)C(c7ccoc7CC(C(O)CO)C7CCC8C(C=CN9CNCC89)C7)OC(=O)C7OC76C6(C7CCCC(Cc8ccccc8)C7)C(O)C(=O)C3C4(COC(=O)C25)C16. The standard InChI is InChI=1S/C74H90N2O11/c1-40-50-16-7-13-43(50)19-25-68(40)23-9-24-71-57(68)32-49-31-47-15-8-22-69(47)35-46-34-67(2)63(52-21-27-83-56(52)33-53(55(78)37-77)44-17-18-51-45(30-44)20-26-76-39-75-36-54(51)76)85-66(82)64-74(67,86-64)72(48-14-6-12-42(29-48)28-41-10-4-3-5-11-41)59(46)70(60(71)58(79)62(72)80)38-84-65(81)61(69)73(49,70)87-71/h3-5,9-11,19-21,23,25-27,32,40,42-48,50-51,53-55,57,59-64,75,77-78,80H,6-8,12-18,22,24,28-31,33-39H2,1-2H3. The number of ether oxygens (including phenoxy) is 4. The van der Waals surface area contributed by atoms with Crippen molar-refractivity contribution in [3.05, 3.63) is 108 Å². The van der Waals surface area contributed by atoms with Gasteiger partial charge >= 0.3 is 11.9 Å². The maximum atomic E-state index is 17.7. The van der Waals surface area contributed by atoms with E-state index in [9.17, 15) is 15.3 Å². The highest BCUT2D eigenvalue weighted by atomic mass is 16.7. The fourth-order valence-corrected chi connectivity index (χ4v) is 27.8. The van der Waals surface area contributed by atoms with E-state index in [0.29, 0.717) is 54.7 Å². The minimum absolute atomic E-state index is 0.0358. The van der Waals surface area contributed by atoms with E-state index in [4.69, 9.17) is 23.4 Å². The molecule has 7 aliphatic heterocycles. The van der Waals surface area contributed by atoms with E-state index in [-0.39, 0.29) is 72.3 Å². The Morgan fingerprint density at radius 1 is 0.874 bits per heavy atom. The Balaban J connectivity index is 0.804. The summed E-state index contributed by atoms with van der Waals surface area (Å²) in [6, 6.07) is 13.2. The lowest BCUT2D eigenvalue weighted by atomic mass is 9.29. The van der Waals surface area contributed by atoms with E-state index in [1.165, 1.54) is 30.4 Å². The fraction of sp³-hybridized carbons (Fsp3) is 0.716. The van der Waals surface area contributed by atoms with Crippen molar-refractivity contribution >= 4 is 17.7 Å². The summed E-state index contributed by atoms with van der Waals surface area (Å²) in [5.74, 6) is -0.220. The summed E-state index contributed by atoms with van der Waals surface area (Å²) >= 11 is 0. The van der Waals surface area contributed by atoms with E-state index in [1.807, 2.05) is 6.07 Å². The van der Waals surface area contributed by atoms with Gasteiger partial charge in [-0.1, -0.05) is 106 Å². The Bertz CT molecular complexity index is 3370. The summed E-state index contributed by atoms with van der Waals surface area (Å²) in [4.78, 5) is 51.8. The van der Waals surface area contributed by atoms with Gasteiger partial charge in [-0.05, 0) is 190 Å². The first kappa shape index (κ1) is 54.4. The molecule has 10 aliphatic carbocycles. The minimum atomic E-state index is -1.52. The molecular weight excluding hydrogens is 1090 g/mol. The van der Waals surface area contributed by atoms with Gasteiger partial charge in [0.2, 0.25) is 0 Å². The van der Waals surface area contributed by atoms with Gasteiger partial charge in [0.1, 0.15) is 35.8 Å². The number of ketones is 1. The van der Waals surface area contributed by atoms with Crippen molar-refractivity contribution in [3.63, 3.8) is 0 Å². The zero-order valence-electron chi connectivity index (χ0n) is 50.9. The summed E-state index contributed by atoms with van der Waals surface area (Å²) in [5, 5.41) is 41.4. The topological polar surface area (TPSA) is 181 Å². The molecule has 0 radical (unpaired) electrons. The number of aliphatic hydroxyl groups excluding tert-OH is 3. The maximum absolute atomic E-state index is 17.7. The number of rotatable bonds is 9. The Morgan fingerprint density at radius 3 is 2.61 bits per heavy atom. The second kappa shape index (κ2) is 18.2. The average Bonchev–Trinajstić information content (AvgIpc) is 1.43. The fourth-order valence-electron chi connectivity index (χ4n) is 27.8. The Labute approximate surface area is 511 Å². The van der Waals surface area contributed by atoms with E-state index in [0.717, 1.165) is 102 Å². The normalized spacial score (nSPS) is 53.3. The number of hydrogen-bond acceptors (Lipinski definition) is 13. The van der Waals surface area contributed by atoms with Gasteiger partial charge in [0, 0.05) is 46.7 Å². The Hall–Kier alpha value is -4.37. The maximum Gasteiger partial charge on any atom is 0.339 e. The van der Waals surface area contributed by atoms with Crippen LogP contribution in [-0.4, -0.2) is 106 Å². The lowest BCUT2D eigenvalue weighted by molar-refractivity contribution is -0.301. The molecule has 87 heavy (non-hydrogen) atoms. The number of epoxide rings is 1. The van der Waals surface area contributed by atoms with Crippen LogP contribution in [0, 0.1) is 116 Å². The molecule has 19 rings (SSSR count). The molecule has 13 fully saturated rings. The number of benzene rings is 1. The molecule has 2 aromatic rings. The van der Waals surface area contributed by atoms with Crippen molar-refractivity contribution in [2.75, 3.05) is 26.4 Å². The van der Waals surface area contributed by atoms with Gasteiger partial charge < -0.3 is 43.6 Å². The summed E-state index contributed by atoms with van der Waals surface area (Å²) < 4.78 is 37.1. The summed E-state index contributed by atoms with van der Waals surface area (Å²) in [5.41, 5.74) is -4.69. The third kappa shape index (κ3) is 6.30. The first-order valence-corrected chi connectivity index (χ1v) is 34.8. The first-order chi connectivity index (χ1) is 42.2. The number of Topliss-reactive ketones (excluding diaryl/α,β-unsaturated/α-hetero) is 1. The van der Waals surface area contributed by atoms with Crippen molar-refractivity contribution in [2.45, 2.75) is 183 Å². The molecule has 8 heterocycles. The van der Waals surface area contributed by atoms with E-state index in [1.54, 1.807) is 6.26 Å². The number of hydrogen-bond donors (Lipinski definition) is 4. The van der Waals surface area contributed by atoms with Crippen molar-refractivity contribution in [1.82, 2.24) is 10.2 Å². The highest BCUT2D eigenvalue weighted by molar-refractivity contribution is 5.94. The molecule has 13 heteroatoms. The quantitative estimate of drug-likeness (QED) is 0.106. The number of allylic oxidation sites excluding steroid dienone is 4. The van der Waals surface area contributed by atoms with E-state index >= 15 is 14.4 Å². The molecule has 28 atom stereocenters. The number of nitrogens with one attached hydrogen (secondary N) is 1. The first-order valence-electron chi connectivity index (χ1n) is 34.8. The molecule has 1 aromatic carbocycles. The van der Waals surface area contributed by atoms with Gasteiger partial charge in [0.15, 0.2) is 11.9 Å². The van der Waals surface area contributed by atoms with Crippen molar-refractivity contribution < 1.29 is 53.1 Å². The number of furan rings is 1. The van der Waals surface area contributed by atoms with Crippen LogP contribution in [0.1, 0.15) is 146 Å². The van der Waals surface area contributed by atoms with Crippen LogP contribution in [0.2, 0.25) is 0 Å². The van der Waals surface area contributed by atoms with Gasteiger partial charge in [0.05, 0.1) is 48.5 Å². The predicted molar refractivity (Wildman–Crippen MR) is 319 cm³/mol. The summed E-state index contributed by atoms with van der Waals surface area (Å²) in [6.45, 7) is 6.25. The molecule has 17 aliphatic rings. The van der Waals surface area contributed by atoms with E-state index < -0.39 is 92.0 Å². The number of fused-ring (bicyclic) bond motifs is 5. The van der Waals surface area contributed by atoms with Crippen molar-refractivity contribution in [2.24, 2.45) is 116 Å². The molecule has 13 nitrogen and oxygen atoms in total. The zero-order valence-corrected chi connectivity index (χ0v) is 50.9. The number of nitrogens with zero attached hydrogens (tertiary/aromatic N) is 1. The van der Waals surface area contributed by atoms with Gasteiger partial charge in [-0.2, -0.15) is 0 Å². The van der Waals surface area contributed by atoms with E-state index in [2.05, 4.69) is 97.1 Å². The molecule has 0 amide bonds. The number of carbonyl (C=O) groups excluding carboxylic acids is 3. The average molecular weight is 1180 g/mol. The lowest BCUT2D eigenvalue weighted by Crippen LogP contribution is -2.82. The van der Waals surface area contributed by atoms with Crippen LogP contribution in [0.3, 0.4) is 0 Å². The second-order valence-corrected chi connectivity index (χ2v) is 32.6. The second-order valence-electron chi connectivity index (χ2n) is 32.6. The molecule has 5 bridgehead atoms. The monoisotopic (exact) mass is 1180 g/mol. The van der Waals surface area contributed by atoms with Crippen LogP contribution in [0.4, 0.5) is 0 Å². The van der Waals surface area contributed by atoms with Gasteiger partial charge in [-0.15, -0.1) is 0 Å². The molecule has 1 aromatic heterocycles. The van der Waals surface area contributed by atoms with Crippen LogP contribution in [0.15, 0.2) is 95.3 Å². The molecular formula is C74H90N2O11. The highest BCUT2D eigenvalue weighted by Gasteiger charge is 2.99. The molecule has 462 valence electrons. The molecule has 5 saturated heterocycles. The number of carbonyl (C=O) groups is 3. The van der Waals surface area contributed by atoms with Crippen LogP contribution in [-0.2, 0) is 46.2 Å². The van der Waals surface area contributed by atoms with Crippen LogP contribution in [0.25, 0.3) is 0 Å². The van der Waals surface area contributed by atoms with Gasteiger partial charge in [-0.3, -0.25) is 14.9 Å². The smallest absolute Gasteiger partial charge is 0.339 e. The zero-order chi connectivity index (χ0) is 58.6. The summed E-state index contributed by atoms with van der Waals surface area (Å²) in [6.07, 6.45) is 31.0. The third-order valence-electron chi connectivity index (χ3n) is 30.3. The van der Waals surface area contributed by atoms with Gasteiger partial charge in [-0.25, -0.2) is 4.79 Å². The van der Waals surface area contributed by atoms with Crippen molar-refractivity contribution in [3.8, 4) is 0 Å². The molecule has 4 N–H and O–H groups in total. The van der Waals surface area contributed by atoms with Crippen LogP contribution in [0.5, 0.6) is 0 Å². The third-order valence-corrected chi connectivity index (χ3v) is 30.3. The molecule has 8 saturated carbocycles. The number of aliphatic hydroxyl groups is 3.